The molecule has 0 atom stereocenters. The van der Waals surface area contributed by atoms with Gasteiger partial charge in [-0.05, 0) is 31.6 Å². The van der Waals surface area contributed by atoms with E-state index < -0.39 is 0 Å². The van der Waals surface area contributed by atoms with Gasteiger partial charge in [-0.1, -0.05) is 0 Å². The van der Waals surface area contributed by atoms with Crippen LogP contribution in [0.3, 0.4) is 0 Å². The molecule has 2 saturated carbocycles. The lowest BCUT2D eigenvalue weighted by molar-refractivity contribution is 0.173. The predicted octanol–water partition coefficient (Wildman–Crippen LogP) is -0.00430. The lowest BCUT2D eigenvalue weighted by atomic mass is 10.3. The summed E-state index contributed by atoms with van der Waals surface area (Å²) in [6, 6.07) is 0.533. The molecule has 5 heteroatoms. The summed E-state index contributed by atoms with van der Waals surface area (Å²) in [5.41, 5.74) is 2.77. The Kier molecular flexibility index (Phi) is 3.20. The van der Waals surface area contributed by atoms with Crippen molar-refractivity contribution in [2.45, 2.75) is 31.7 Å². The van der Waals surface area contributed by atoms with E-state index in [1.165, 1.54) is 32.2 Å². The lowest BCUT2D eigenvalue weighted by Crippen LogP contribution is -2.54. The molecule has 5 nitrogen and oxygen atoms in total. The molecule has 3 rings (SSSR count). The van der Waals surface area contributed by atoms with Crippen LogP contribution < -0.4 is 11.3 Å². The summed E-state index contributed by atoms with van der Waals surface area (Å²) in [5.74, 6) is 7.46. The Morgan fingerprint density at radius 3 is 2.35 bits per heavy atom. The van der Waals surface area contributed by atoms with Crippen LogP contribution in [0.5, 0.6) is 0 Å². The van der Waals surface area contributed by atoms with Crippen LogP contribution in [-0.4, -0.2) is 54.5 Å². The molecule has 0 radical (unpaired) electrons. The lowest BCUT2D eigenvalue weighted by Gasteiger charge is -2.36. The minimum atomic E-state index is 0.533. The maximum absolute atomic E-state index is 5.57. The Labute approximate surface area is 103 Å². The van der Waals surface area contributed by atoms with Crippen molar-refractivity contribution in [1.82, 2.24) is 15.2 Å². The number of piperazine rings is 1. The third-order valence-corrected chi connectivity index (χ3v) is 3.87. The fraction of sp³-hybridized carbons (Fsp3) is 0.917. The van der Waals surface area contributed by atoms with Gasteiger partial charge < -0.3 is 4.90 Å². The second kappa shape index (κ2) is 4.82. The molecular formula is C12H23N5. The molecule has 0 unspecified atom stereocenters. The van der Waals surface area contributed by atoms with Crippen molar-refractivity contribution in [3.8, 4) is 0 Å². The summed E-state index contributed by atoms with van der Waals surface area (Å²) in [4.78, 5) is 9.49. The van der Waals surface area contributed by atoms with Gasteiger partial charge in [0.2, 0.25) is 5.96 Å². The zero-order valence-electron chi connectivity index (χ0n) is 10.4. The van der Waals surface area contributed by atoms with Crippen LogP contribution >= 0.6 is 0 Å². The number of hydrogen-bond acceptors (Lipinski definition) is 3. The monoisotopic (exact) mass is 237 g/mol. The largest absolute Gasteiger partial charge is 0.339 e. The molecule has 96 valence electrons. The normalized spacial score (nSPS) is 27.4. The molecule has 1 heterocycles. The molecule has 3 N–H and O–H groups in total. The van der Waals surface area contributed by atoms with Crippen molar-refractivity contribution in [3.63, 3.8) is 0 Å². The van der Waals surface area contributed by atoms with E-state index >= 15 is 0 Å². The predicted molar refractivity (Wildman–Crippen MR) is 68.5 cm³/mol. The van der Waals surface area contributed by atoms with E-state index in [2.05, 4.69) is 20.2 Å². The van der Waals surface area contributed by atoms with Crippen molar-refractivity contribution < 1.29 is 0 Å². The Bertz CT molecular complexity index is 287. The van der Waals surface area contributed by atoms with Crippen LogP contribution in [0.25, 0.3) is 0 Å². The average molecular weight is 237 g/mol. The van der Waals surface area contributed by atoms with Gasteiger partial charge >= 0.3 is 0 Å². The Balaban J connectivity index is 1.48. The summed E-state index contributed by atoms with van der Waals surface area (Å²) in [6.07, 6.45) is 5.34. The molecule has 0 aromatic rings. The summed E-state index contributed by atoms with van der Waals surface area (Å²) in [7, 11) is 0. The first-order valence-corrected chi connectivity index (χ1v) is 6.87. The van der Waals surface area contributed by atoms with Crippen LogP contribution in [0, 0.1) is 5.92 Å². The van der Waals surface area contributed by atoms with Crippen molar-refractivity contribution in [2.75, 3.05) is 32.7 Å². The van der Waals surface area contributed by atoms with E-state index in [1.54, 1.807) is 0 Å². The van der Waals surface area contributed by atoms with Crippen LogP contribution in [0.4, 0.5) is 0 Å². The van der Waals surface area contributed by atoms with Gasteiger partial charge in [-0.2, -0.15) is 0 Å². The van der Waals surface area contributed by atoms with Gasteiger partial charge in [-0.25, -0.2) is 10.8 Å². The molecule has 0 bridgehead atoms. The third kappa shape index (κ3) is 3.10. The zero-order valence-corrected chi connectivity index (χ0v) is 10.4. The minimum absolute atomic E-state index is 0.533. The van der Waals surface area contributed by atoms with Crippen molar-refractivity contribution in [1.29, 1.82) is 0 Å². The average Bonchev–Trinajstić information content (AvgIpc) is 3.22. The number of aliphatic imine (C=N–C) groups is 1. The van der Waals surface area contributed by atoms with Gasteiger partial charge in [-0.3, -0.25) is 10.3 Å². The molecule has 3 fully saturated rings. The summed E-state index contributed by atoms with van der Waals surface area (Å²) in [6.45, 7) is 5.73. The molecule has 0 aromatic carbocycles. The first kappa shape index (κ1) is 11.3. The highest BCUT2D eigenvalue weighted by Gasteiger charge is 2.28. The van der Waals surface area contributed by atoms with E-state index in [4.69, 9.17) is 5.84 Å². The van der Waals surface area contributed by atoms with Crippen LogP contribution in [0.1, 0.15) is 25.7 Å². The van der Waals surface area contributed by atoms with Crippen LogP contribution in [0.15, 0.2) is 4.99 Å². The van der Waals surface area contributed by atoms with Crippen LogP contribution in [-0.2, 0) is 0 Å². The highest BCUT2D eigenvalue weighted by Crippen LogP contribution is 2.30. The zero-order chi connectivity index (χ0) is 11.7. The Hall–Kier alpha value is -0.810. The van der Waals surface area contributed by atoms with Crippen molar-refractivity contribution in [2.24, 2.45) is 16.8 Å². The highest BCUT2D eigenvalue weighted by atomic mass is 15.4. The molecule has 0 spiro atoms. The molecule has 3 aliphatic rings. The highest BCUT2D eigenvalue weighted by molar-refractivity contribution is 5.79. The van der Waals surface area contributed by atoms with Gasteiger partial charge in [0.25, 0.3) is 0 Å². The SMILES string of the molecule is NNC(=NC1CC1)N1CCN(CC2CC2)CC1. The molecule has 2 aliphatic carbocycles. The van der Waals surface area contributed by atoms with Crippen molar-refractivity contribution >= 4 is 5.96 Å². The first-order chi connectivity index (χ1) is 8.35. The molecular weight excluding hydrogens is 214 g/mol. The molecule has 0 aromatic heterocycles. The third-order valence-electron chi connectivity index (χ3n) is 3.87. The Morgan fingerprint density at radius 2 is 1.82 bits per heavy atom. The van der Waals surface area contributed by atoms with E-state index in [0.29, 0.717) is 6.04 Å². The summed E-state index contributed by atoms with van der Waals surface area (Å²) in [5, 5.41) is 0. The number of nitrogens with zero attached hydrogens (tertiary/aromatic N) is 3. The number of rotatable bonds is 3. The maximum atomic E-state index is 5.57. The van der Waals surface area contributed by atoms with E-state index in [9.17, 15) is 0 Å². The molecule has 17 heavy (non-hydrogen) atoms. The van der Waals surface area contributed by atoms with Gasteiger partial charge in [0.15, 0.2) is 0 Å². The van der Waals surface area contributed by atoms with E-state index in [0.717, 1.165) is 38.1 Å². The maximum Gasteiger partial charge on any atom is 0.208 e. The second-order valence-electron chi connectivity index (χ2n) is 5.56. The van der Waals surface area contributed by atoms with Gasteiger partial charge in [0.1, 0.15) is 0 Å². The second-order valence-corrected chi connectivity index (χ2v) is 5.56. The molecule has 0 amide bonds. The smallest absolute Gasteiger partial charge is 0.208 e. The Morgan fingerprint density at radius 1 is 1.12 bits per heavy atom. The quantitative estimate of drug-likeness (QED) is 0.314. The van der Waals surface area contributed by atoms with Gasteiger partial charge in [-0.15, -0.1) is 0 Å². The molecule has 1 aliphatic heterocycles. The standard InChI is InChI=1S/C12H23N5/c13-15-12(14-11-3-4-11)17-7-5-16(6-8-17)9-10-1-2-10/h10-11H,1-9,13H2,(H,14,15). The fourth-order valence-electron chi connectivity index (χ4n) is 2.39. The van der Waals surface area contributed by atoms with Crippen LogP contribution in [0.2, 0.25) is 0 Å². The molecule has 1 saturated heterocycles. The first-order valence-electron chi connectivity index (χ1n) is 6.87. The van der Waals surface area contributed by atoms with E-state index in [1.807, 2.05) is 0 Å². The van der Waals surface area contributed by atoms with E-state index in [-0.39, 0.29) is 0 Å². The summed E-state index contributed by atoms with van der Waals surface area (Å²) < 4.78 is 0. The van der Waals surface area contributed by atoms with Crippen molar-refractivity contribution in [3.05, 3.63) is 0 Å². The number of nitrogens with one attached hydrogen (secondary N) is 1. The number of hydrazine groups is 1. The fourth-order valence-corrected chi connectivity index (χ4v) is 2.39. The topological polar surface area (TPSA) is 56.9 Å². The summed E-state index contributed by atoms with van der Waals surface area (Å²) >= 11 is 0. The van der Waals surface area contributed by atoms with Gasteiger partial charge in [0.05, 0.1) is 6.04 Å². The number of nitrogens with two attached hydrogens (primary N) is 1. The minimum Gasteiger partial charge on any atom is -0.339 e. The number of hydrogen-bond donors (Lipinski definition) is 2. The van der Waals surface area contributed by atoms with Gasteiger partial charge in [0, 0.05) is 32.7 Å². The number of guanidine groups is 1.